The predicted octanol–water partition coefficient (Wildman–Crippen LogP) is 4.06. The fourth-order valence-corrected chi connectivity index (χ4v) is 4.30. The Kier molecular flexibility index (Phi) is 8.96. The number of alkyl halides is 3. The summed E-state index contributed by atoms with van der Waals surface area (Å²) < 4.78 is 65.1. The molecule has 192 valence electrons. The summed E-state index contributed by atoms with van der Waals surface area (Å²) in [5, 5.41) is 16.4. The second kappa shape index (κ2) is 11.3. The molecule has 3 N–H and O–H groups in total. The molecule has 2 aromatic carbocycles. The Labute approximate surface area is 200 Å². The first kappa shape index (κ1) is 27.8. The van der Waals surface area contributed by atoms with Gasteiger partial charge in [0.2, 0.25) is 0 Å². The molecule has 1 fully saturated rings. The van der Waals surface area contributed by atoms with Gasteiger partial charge in [-0.3, -0.25) is 4.72 Å². The Morgan fingerprint density at radius 2 is 1.60 bits per heavy atom. The van der Waals surface area contributed by atoms with Crippen molar-refractivity contribution in [3.05, 3.63) is 48.0 Å². The zero-order valence-corrected chi connectivity index (χ0v) is 19.7. The third-order valence-electron chi connectivity index (χ3n) is 5.22. The highest BCUT2D eigenvalue weighted by Gasteiger charge is 2.38. The summed E-state index contributed by atoms with van der Waals surface area (Å²) >= 11 is 0. The Balaban J connectivity index is 0.000000540. The van der Waals surface area contributed by atoms with Gasteiger partial charge in [0.15, 0.2) is 0 Å². The summed E-state index contributed by atoms with van der Waals surface area (Å²) in [4.78, 5) is 22.5. The van der Waals surface area contributed by atoms with E-state index in [-0.39, 0.29) is 16.1 Å². The molecule has 0 atom stereocenters. The number of methoxy groups -OCH3 is 1. The number of piperidine rings is 1. The first-order valence-corrected chi connectivity index (χ1v) is 11.8. The number of ether oxygens (including phenoxy) is 1. The average Bonchev–Trinajstić information content (AvgIpc) is 2.79. The molecule has 0 saturated carbocycles. The van der Waals surface area contributed by atoms with Crippen LogP contribution >= 0.6 is 0 Å². The van der Waals surface area contributed by atoms with Gasteiger partial charge in [0, 0.05) is 13.1 Å². The van der Waals surface area contributed by atoms with Crippen LogP contribution in [0.4, 0.5) is 24.5 Å². The molecule has 0 spiro atoms. The number of rotatable bonds is 6. The van der Waals surface area contributed by atoms with Gasteiger partial charge in [-0.15, -0.1) is 0 Å². The lowest BCUT2D eigenvalue weighted by Crippen LogP contribution is -2.33. The van der Waals surface area contributed by atoms with E-state index in [2.05, 4.69) is 16.5 Å². The second-order valence-corrected chi connectivity index (χ2v) is 9.47. The molecule has 0 aliphatic carbocycles. The number of aliphatic carboxylic acids is 1. The normalized spacial score (nSPS) is 14.5. The van der Waals surface area contributed by atoms with Crippen LogP contribution in [0.25, 0.3) is 0 Å². The van der Waals surface area contributed by atoms with Crippen molar-refractivity contribution in [1.29, 1.82) is 0 Å². The van der Waals surface area contributed by atoms with E-state index in [9.17, 15) is 31.5 Å². The van der Waals surface area contributed by atoms with Gasteiger partial charge in [-0.2, -0.15) is 13.2 Å². The average molecular weight is 519 g/mol. The molecule has 0 radical (unpaired) electrons. The Morgan fingerprint density at radius 3 is 2.06 bits per heavy atom. The van der Waals surface area contributed by atoms with Gasteiger partial charge >= 0.3 is 18.1 Å². The smallest absolute Gasteiger partial charge is 0.490 e. The van der Waals surface area contributed by atoms with Gasteiger partial charge in [0.1, 0.15) is 5.75 Å². The summed E-state index contributed by atoms with van der Waals surface area (Å²) in [6.45, 7) is 3.79. The zero-order valence-electron chi connectivity index (χ0n) is 18.9. The van der Waals surface area contributed by atoms with Crippen molar-refractivity contribution in [2.75, 3.05) is 29.8 Å². The van der Waals surface area contributed by atoms with E-state index in [0.717, 1.165) is 25.9 Å². The van der Waals surface area contributed by atoms with Crippen LogP contribution in [-0.2, 0) is 14.8 Å². The van der Waals surface area contributed by atoms with Crippen LogP contribution in [-0.4, -0.2) is 56.9 Å². The van der Waals surface area contributed by atoms with Crippen LogP contribution in [0.5, 0.6) is 5.75 Å². The van der Waals surface area contributed by atoms with Crippen LogP contribution in [0, 0.1) is 5.92 Å². The minimum absolute atomic E-state index is 0.0292. The topological polar surface area (TPSA) is 133 Å². The Morgan fingerprint density at radius 1 is 1.06 bits per heavy atom. The molecule has 3 rings (SSSR count). The number of sulfonamides is 1. The van der Waals surface area contributed by atoms with Crippen LogP contribution in [0.1, 0.15) is 30.1 Å². The van der Waals surface area contributed by atoms with Crippen molar-refractivity contribution < 1.29 is 46.1 Å². The highest BCUT2D eigenvalue weighted by atomic mass is 32.2. The largest absolute Gasteiger partial charge is 0.497 e. The molecule has 1 saturated heterocycles. The van der Waals surface area contributed by atoms with Crippen molar-refractivity contribution in [3.63, 3.8) is 0 Å². The van der Waals surface area contributed by atoms with Crippen molar-refractivity contribution in [1.82, 2.24) is 0 Å². The Hall–Kier alpha value is -3.48. The molecule has 0 amide bonds. The molecule has 1 aliphatic rings. The van der Waals surface area contributed by atoms with E-state index in [0.29, 0.717) is 17.4 Å². The number of carboxylic acid groups (broad SMARTS) is 2. The van der Waals surface area contributed by atoms with Gasteiger partial charge in [-0.1, -0.05) is 6.92 Å². The molecule has 0 unspecified atom stereocenters. The number of hydrogen-bond donors (Lipinski definition) is 3. The van der Waals surface area contributed by atoms with Crippen molar-refractivity contribution >= 4 is 33.3 Å². The van der Waals surface area contributed by atoms with Crippen LogP contribution < -0.4 is 14.4 Å². The molecule has 0 aromatic heterocycles. The summed E-state index contributed by atoms with van der Waals surface area (Å²) in [7, 11) is -2.37. The molecule has 2 aromatic rings. The van der Waals surface area contributed by atoms with E-state index in [4.69, 9.17) is 14.6 Å². The number of anilines is 2. The fraction of sp³-hybridized carbons (Fsp3) is 0.364. The van der Waals surface area contributed by atoms with Crippen LogP contribution in [0.2, 0.25) is 0 Å². The van der Waals surface area contributed by atoms with Gasteiger partial charge in [-0.05, 0) is 61.2 Å². The molecule has 1 aliphatic heterocycles. The molecule has 1 heterocycles. The molecule has 9 nitrogen and oxygen atoms in total. The number of nitrogens with one attached hydrogen (secondary N) is 1. The SMILES string of the molecule is COc1ccc(S(=O)(=O)Nc2cc(C(=O)O)ccc2N2CCC(C)CC2)cc1.O=C(O)C(F)(F)F. The number of aromatic carboxylic acids is 1. The molecule has 0 bridgehead atoms. The Bertz CT molecular complexity index is 1140. The maximum atomic E-state index is 12.9. The number of halogens is 3. The summed E-state index contributed by atoms with van der Waals surface area (Å²) in [6, 6.07) is 10.6. The third-order valence-corrected chi connectivity index (χ3v) is 6.61. The summed E-state index contributed by atoms with van der Waals surface area (Å²) in [5.41, 5.74) is 0.987. The van der Waals surface area contributed by atoms with E-state index in [1.165, 1.54) is 31.4 Å². The van der Waals surface area contributed by atoms with Gasteiger partial charge in [0.25, 0.3) is 10.0 Å². The first-order chi connectivity index (χ1) is 16.2. The standard InChI is InChI=1S/C20H24N2O5S.C2HF3O2/c1-14-9-11-22(12-10-14)19-8-3-15(20(23)24)13-18(19)21-28(25,26)17-6-4-16(27-2)5-7-17;3-2(4,5)1(6)7/h3-8,13-14,21H,9-12H2,1-2H3,(H,23,24);(H,6,7). The van der Waals surface area contributed by atoms with E-state index < -0.39 is 28.1 Å². The number of hydrogen-bond acceptors (Lipinski definition) is 6. The number of benzene rings is 2. The van der Waals surface area contributed by atoms with Crippen LogP contribution in [0.15, 0.2) is 47.4 Å². The third kappa shape index (κ3) is 7.77. The highest BCUT2D eigenvalue weighted by Crippen LogP contribution is 2.32. The maximum Gasteiger partial charge on any atom is 0.490 e. The second-order valence-electron chi connectivity index (χ2n) is 7.79. The minimum atomic E-state index is -5.08. The highest BCUT2D eigenvalue weighted by molar-refractivity contribution is 7.92. The summed E-state index contributed by atoms with van der Waals surface area (Å²) in [5.74, 6) is -2.69. The maximum absolute atomic E-state index is 12.9. The van der Waals surface area contributed by atoms with Crippen molar-refractivity contribution in [2.45, 2.75) is 30.8 Å². The molecular weight excluding hydrogens is 493 g/mol. The first-order valence-electron chi connectivity index (χ1n) is 10.3. The van der Waals surface area contributed by atoms with E-state index in [1.807, 2.05) is 0 Å². The summed E-state index contributed by atoms with van der Waals surface area (Å²) in [6.07, 6.45) is -3.07. The van der Waals surface area contributed by atoms with Gasteiger partial charge < -0.3 is 19.8 Å². The van der Waals surface area contributed by atoms with Gasteiger partial charge in [0.05, 0.1) is 28.9 Å². The lowest BCUT2D eigenvalue weighted by Gasteiger charge is -2.33. The lowest BCUT2D eigenvalue weighted by molar-refractivity contribution is -0.192. The van der Waals surface area contributed by atoms with Gasteiger partial charge in [-0.25, -0.2) is 18.0 Å². The lowest BCUT2D eigenvalue weighted by atomic mass is 9.98. The molecule has 13 heteroatoms. The number of nitrogens with zero attached hydrogens (tertiary/aromatic N) is 1. The quantitative estimate of drug-likeness (QED) is 0.521. The zero-order chi connectivity index (χ0) is 26.4. The monoisotopic (exact) mass is 518 g/mol. The number of carboxylic acids is 2. The predicted molar refractivity (Wildman–Crippen MR) is 122 cm³/mol. The van der Waals surface area contributed by atoms with Crippen molar-refractivity contribution in [3.8, 4) is 5.75 Å². The molecular formula is C22H25F3N2O7S. The van der Waals surface area contributed by atoms with E-state index >= 15 is 0 Å². The van der Waals surface area contributed by atoms with Crippen molar-refractivity contribution in [2.24, 2.45) is 5.92 Å². The van der Waals surface area contributed by atoms with Crippen LogP contribution in [0.3, 0.4) is 0 Å². The molecule has 35 heavy (non-hydrogen) atoms. The minimum Gasteiger partial charge on any atom is -0.497 e. The number of carbonyl (C=O) groups is 2. The van der Waals surface area contributed by atoms with E-state index in [1.54, 1.807) is 18.2 Å². The fourth-order valence-electron chi connectivity index (χ4n) is 3.23.